The standard InChI is InChI=1S/C14H21N3O2/c1-10-9-19-11(2)7-17(10)8-12-4-3-5-13(6-12)14(18)16-15/h3-6,10-11H,7-9,15H2,1-2H3,(H,16,18). The van der Waals surface area contributed by atoms with Gasteiger partial charge in [0.05, 0.1) is 12.7 Å². The van der Waals surface area contributed by atoms with Crippen LogP contribution in [0.15, 0.2) is 24.3 Å². The van der Waals surface area contributed by atoms with Gasteiger partial charge in [0, 0.05) is 24.7 Å². The number of morpholine rings is 1. The molecule has 1 aliphatic rings. The van der Waals surface area contributed by atoms with Gasteiger partial charge in [-0.3, -0.25) is 15.1 Å². The molecule has 0 bridgehead atoms. The minimum absolute atomic E-state index is 0.256. The van der Waals surface area contributed by atoms with Crippen molar-refractivity contribution in [1.82, 2.24) is 10.3 Å². The second-order valence-electron chi connectivity index (χ2n) is 5.10. The quantitative estimate of drug-likeness (QED) is 0.483. The molecule has 3 N–H and O–H groups in total. The minimum Gasteiger partial charge on any atom is -0.376 e. The number of nitrogens with one attached hydrogen (secondary N) is 1. The fourth-order valence-corrected chi connectivity index (χ4v) is 2.32. The predicted octanol–water partition coefficient (Wildman–Crippen LogP) is 0.899. The van der Waals surface area contributed by atoms with Crippen LogP contribution < -0.4 is 11.3 Å². The van der Waals surface area contributed by atoms with Crippen LogP contribution in [-0.2, 0) is 11.3 Å². The Hall–Kier alpha value is -1.43. The van der Waals surface area contributed by atoms with Crippen LogP contribution in [0.25, 0.3) is 0 Å². The van der Waals surface area contributed by atoms with E-state index in [4.69, 9.17) is 10.6 Å². The zero-order chi connectivity index (χ0) is 13.8. The van der Waals surface area contributed by atoms with Crippen molar-refractivity contribution in [3.05, 3.63) is 35.4 Å². The highest BCUT2D eigenvalue weighted by Crippen LogP contribution is 2.16. The Bertz CT molecular complexity index is 450. The lowest BCUT2D eigenvalue weighted by Crippen LogP contribution is -2.46. The van der Waals surface area contributed by atoms with Crippen LogP contribution in [-0.4, -0.2) is 36.1 Å². The van der Waals surface area contributed by atoms with Gasteiger partial charge in [-0.1, -0.05) is 12.1 Å². The maximum Gasteiger partial charge on any atom is 0.265 e. The topological polar surface area (TPSA) is 67.6 Å². The molecule has 1 aliphatic heterocycles. The van der Waals surface area contributed by atoms with Crippen LogP contribution in [0.3, 0.4) is 0 Å². The second-order valence-corrected chi connectivity index (χ2v) is 5.10. The number of nitrogen functional groups attached to an aromatic ring is 1. The molecule has 1 aromatic carbocycles. The SMILES string of the molecule is CC1CN(Cc2cccc(C(=O)NN)c2)C(C)CO1. The second kappa shape index (κ2) is 6.14. The molecular formula is C14H21N3O2. The highest BCUT2D eigenvalue weighted by molar-refractivity contribution is 5.93. The highest BCUT2D eigenvalue weighted by Gasteiger charge is 2.23. The molecule has 2 unspecified atom stereocenters. The fourth-order valence-electron chi connectivity index (χ4n) is 2.32. The molecule has 1 amide bonds. The average molecular weight is 263 g/mol. The molecule has 104 valence electrons. The predicted molar refractivity (Wildman–Crippen MR) is 73.4 cm³/mol. The van der Waals surface area contributed by atoms with Crippen molar-refractivity contribution in [1.29, 1.82) is 0 Å². The van der Waals surface area contributed by atoms with E-state index < -0.39 is 0 Å². The Morgan fingerprint density at radius 3 is 3.05 bits per heavy atom. The lowest BCUT2D eigenvalue weighted by atomic mass is 10.1. The summed E-state index contributed by atoms with van der Waals surface area (Å²) in [6.07, 6.45) is 0.256. The van der Waals surface area contributed by atoms with E-state index in [-0.39, 0.29) is 12.0 Å². The summed E-state index contributed by atoms with van der Waals surface area (Å²) in [5, 5.41) is 0. The van der Waals surface area contributed by atoms with Gasteiger partial charge in [-0.05, 0) is 31.5 Å². The normalized spacial score (nSPS) is 24.2. The molecule has 1 fully saturated rings. The van der Waals surface area contributed by atoms with Crippen LogP contribution in [0.2, 0.25) is 0 Å². The summed E-state index contributed by atoms with van der Waals surface area (Å²) in [6, 6.07) is 7.95. The Kier molecular flexibility index (Phi) is 4.52. The van der Waals surface area contributed by atoms with Crippen LogP contribution in [0.1, 0.15) is 29.8 Å². The number of amides is 1. The third-order valence-corrected chi connectivity index (χ3v) is 3.44. The number of hydrazine groups is 1. The van der Waals surface area contributed by atoms with Gasteiger partial charge in [0.2, 0.25) is 0 Å². The van der Waals surface area contributed by atoms with E-state index in [1.54, 1.807) is 6.07 Å². The number of hydrogen-bond acceptors (Lipinski definition) is 4. The molecule has 5 heteroatoms. The highest BCUT2D eigenvalue weighted by atomic mass is 16.5. The van der Waals surface area contributed by atoms with Crippen molar-refractivity contribution < 1.29 is 9.53 Å². The van der Waals surface area contributed by atoms with Crippen LogP contribution in [0, 0.1) is 0 Å². The van der Waals surface area contributed by atoms with Crippen LogP contribution in [0.4, 0.5) is 0 Å². The first-order valence-corrected chi connectivity index (χ1v) is 6.55. The molecule has 2 rings (SSSR count). The van der Waals surface area contributed by atoms with E-state index in [1.807, 2.05) is 18.2 Å². The van der Waals surface area contributed by atoms with Gasteiger partial charge >= 0.3 is 0 Å². The Morgan fingerprint density at radius 1 is 1.53 bits per heavy atom. The maximum absolute atomic E-state index is 11.5. The van der Waals surface area contributed by atoms with E-state index in [2.05, 4.69) is 24.2 Å². The lowest BCUT2D eigenvalue weighted by Gasteiger charge is -2.36. The largest absolute Gasteiger partial charge is 0.376 e. The number of nitrogens with two attached hydrogens (primary N) is 1. The summed E-state index contributed by atoms with van der Waals surface area (Å²) < 4.78 is 5.62. The molecule has 1 saturated heterocycles. The fraction of sp³-hybridized carbons (Fsp3) is 0.500. The number of benzene rings is 1. The van der Waals surface area contributed by atoms with Crippen molar-refractivity contribution in [2.24, 2.45) is 5.84 Å². The van der Waals surface area contributed by atoms with Crippen molar-refractivity contribution in [2.75, 3.05) is 13.2 Å². The Morgan fingerprint density at radius 2 is 2.32 bits per heavy atom. The first kappa shape index (κ1) is 14.0. The van der Waals surface area contributed by atoms with Crippen LogP contribution in [0.5, 0.6) is 0 Å². The summed E-state index contributed by atoms with van der Waals surface area (Å²) in [4.78, 5) is 13.9. The van der Waals surface area contributed by atoms with E-state index in [1.165, 1.54) is 0 Å². The minimum atomic E-state index is -0.259. The number of hydrogen-bond donors (Lipinski definition) is 2. The van der Waals surface area contributed by atoms with Crippen molar-refractivity contribution in [3.63, 3.8) is 0 Å². The zero-order valence-electron chi connectivity index (χ0n) is 11.4. The lowest BCUT2D eigenvalue weighted by molar-refractivity contribution is -0.0526. The van der Waals surface area contributed by atoms with Gasteiger partial charge in [-0.25, -0.2) is 5.84 Å². The number of ether oxygens (including phenoxy) is 1. The first-order valence-electron chi connectivity index (χ1n) is 6.55. The third kappa shape index (κ3) is 3.53. The summed E-state index contributed by atoms with van der Waals surface area (Å²) in [5.41, 5.74) is 3.86. The number of rotatable bonds is 3. The maximum atomic E-state index is 11.5. The molecule has 0 spiro atoms. The average Bonchev–Trinajstić information content (AvgIpc) is 2.42. The molecule has 0 saturated carbocycles. The number of carbonyl (C=O) groups excluding carboxylic acids is 1. The van der Waals surface area contributed by atoms with E-state index in [9.17, 15) is 4.79 Å². The van der Waals surface area contributed by atoms with Crippen molar-refractivity contribution >= 4 is 5.91 Å². The van der Waals surface area contributed by atoms with Gasteiger partial charge in [0.15, 0.2) is 0 Å². The van der Waals surface area contributed by atoms with Gasteiger partial charge in [0.25, 0.3) is 5.91 Å². The molecule has 19 heavy (non-hydrogen) atoms. The molecule has 0 aromatic heterocycles. The van der Waals surface area contributed by atoms with Crippen LogP contribution >= 0.6 is 0 Å². The number of carbonyl (C=O) groups is 1. The van der Waals surface area contributed by atoms with Gasteiger partial charge in [-0.15, -0.1) is 0 Å². The smallest absolute Gasteiger partial charge is 0.265 e. The van der Waals surface area contributed by atoms with E-state index in [0.717, 1.165) is 25.3 Å². The van der Waals surface area contributed by atoms with Crippen molar-refractivity contribution in [3.8, 4) is 0 Å². The van der Waals surface area contributed by atoms with Gasteiger partial charge in [0.1, 0.15) is 0 Å². The molecule has 1 heterocycles. The molecule has 5 nitrogen and oxygen atoms in total. The zero-order valence-corrected chi connectivity index (χ0v) is 11.4. The van der Waals surface area contributed by atoms with Crippen molar-refractivity contribution in [2.45, 2.75) is 32.5 Å². The molecule has 0 aliphatic carbocycles. The summed E-state index contributed by atoms with van der Waals surface area (Å²) in [7, 11) is 0. The number of nitrogens with zero attached hydrogens (tertiary/aromatic N) is 1. The Balaban J connectivity index is 2.08. The monoisotopic (exact) mass is 263 g/mol. The Labute approximate surface area is 113 Å². The summed E-state index contributed by atoms with van der Waals surface area (Å²) in [6.45, 7) is 6.72. The van der Waals surface area contributed by atoms with E-state index >= 15 is 0 Å². The first-order chi connectivity index (χ1) is 9.10. The summed E-state index contributed by atoms with van der Waals surface area (Å²) >= 11 is 0. The molecule has 2 atom stereocenters. The summed E-state index contributed by atoms with van der Waals surface area (Å²) in [5.74, 6) is 4.89. The molecule has 0 radical (unpaired) electrons. The third-order valence-electron chi connectivity index (χ3n) is 3.44. The van der Waals surface area contributed by atoms with Gasteiger partial charge in [-0.2, -0.15) is 0 Å². The molecule has 1 aromatic rings. The van der Waals surface area contributed by atoms with Gasteiger partial charge < -0.3 is 4.74 Å². The van der Waals surface area contributed by atoms with E-state index in [0.29, 0.717) is 11.6 Å². The molecular weight excluding hydrogens is 242 g/mol.